The molecule has 0 heterocycles. The first-order chi connectivity index (χ1) is 8.90. The van der Waals surface area contributed by atoms with E-state index >= 15 is 0 Å². The van der Waals surface area contributed by atoms with E-state index < -0.39 is 24.4 Å². The summed E-state index contributed by atoms with van der Waals surface area (Å²) in [6.07, 6.45) is 0. The van der Waals surface area contributed by atoms with Crippen molar-refractivity contribution in [2.24, 2.45) is 0 Å². The van der Waals surface area contributed by atoms with Crippen LogP contribution in [0.2, 0.25) is 5.02 Å². The molecule has 0 atom stereocenters. The van der Waals surface area contributed by atoms with E-state index in [9.17, 15) is 19.5 Å². The van der Waals surface area contributed by atoms with Crippen molar-refractivity contribution in [3.63, 3.8) is 0 Å². The van der Waals surface area contributed by atoms with Crippen LogP contribution in [0.5, 0.6) is 5.75 Å². The topological polar surface area (TPSA) is 105 Å². The van der Waals surface area contributed by atoms with Gasteiger partial charge in [0.15, 0.2) is 6.61 Å². The van der Waals surface area contributed by atoms with Gasteiger partial charge in [-0.15, -0.1) is 0 Å². The molecule has 1 aromatic rings. The molecule has 0 radical (unpaired) electrons. The lowest BCUT2D eigenvalue weighted by atomic mass is 10.2. The highest BCUT2D eigenvalue weighted by molar-refractivity contribution is 6.30. The van der Waals surface area contributed by atoms with Crippen LogP contribution in [-0.4, -0.2) is 29.5 Å². The van der Waals surface area contributed by atoms with E-state index in [1.54, 1.807) is 0 Å². The highest BCUT2D eigenvalue weighted by Gasteiger charge is 2.14. The predicted octanol–water partition coefficient (Wildman–Crippen LogP) is 0.370. The van der Waals surface area contributed by atoms with E-state index in [1.807, 2.05) is 10.9 Å². The van der Waals surface area contributed by atoms with Gasteiger partial charge in [-0.1, -0.05) is 11.6 Å². The van der Waals surface area contributed by atoms with Crippen LogP contribution in [0.1, 0.15) is 17.3 Å². The van der Waals surface area contributed by atoms with Crippen molar-refractivity contribution in [1.82, 2.24) is 10.9 Å². The summed E-state index contributed by atoms with van der Waals surface area (Å²) in [7, 11) is 0. The van der Waals surface area contributed by atoms with Gasteiger partial charge in [0.1, 0.15) is 11.3 Å². The van der Waals surface area contributed by atoms with Crippen LogP contribution >= 0.6 is 11.6 Å². The molecule has 102 valence electrons. The van der Waals surface area contributed by atoms with E-state index in [0.717, 1.165) is 0 Å². The van der Waals surface area contributed by atoms with Gasteiger partial charge in [0.05, 0.1) is 0 Å². The van der Waals surface area contributed by atoms with Crippen LogP contribution in [0.15, 0.2) is 18.2 Å². The lowest BCUT2D eigenvalue weighted by Gasteiger charge is -2.07. The molecule has 1 aromatic carbocycles. The summed E-state index contributed by atoms with van der Waals surface area (Å²) in [4.78, 5) is 33.2. The number of benzene rings is 1. The van der Waals surface area contributed by atoms with Gasteiger partial charge in [0.2, 0.25) is 5.91 Å². The molecule has 19 heavy (non-hydrogen) atoms. The fourth-order valence-corrected chi connectivity index (χ4v) is 1.25. The van der Waals surface area contributed by atoms with Gasteiger partial charge in [-0.3, -0.25) is 20.4 Å². The molecule has 0 aliphatic carbocycles. The van der Waals surface area contributed by atoms with Crippen LogP contribution in [-0.2, 0) is 14.3 Å². The minimum Gasteiger partial charge on any atom is -0.507 e. The average Bonchev–Trinajstić information content (AvgIpc) is 2.33. The van der Waals surface area contributed by atoms with Crippen LogP contribution in [0, 0.1) is 0 Å². The van der Waals surface area contributed by atoms with Crippen molar-refractivity contribution in [2.45, 2.75) is 6.92 Å². The second-order valence-corrected chi connectivity index (χ2v) is 3.90. The minimum absolute atomic E-state index is 0.114. The Morgan fingerprint density at radius 3 is 2.58 bits per heavy atom. The molecule has 0 fully saturated rings. The second-order valence-electron chi connectivity index (χ2n) is 3.47. The first-order valence-corrected chi connectivity index (χ1v) is 5.49. The third kappa shape index (κ3) is 4.84. The quantitative estimate of drug-likeness (QED) is 0.550. The number of carbonyl (C=O) groups is 3. The fraction of sp³-hybridized carbons (Fsp3) is 0.182. The number of hydrazine groups is 1. The number of rotatable bonds is 3. The summed E-state index contributed by atoms with van der Waals surface area (Å²) in [5, 5.41) is 9.72. The summed E-state index contributed by atoms with van der Waals surface area (Å²) in [5.41, 5.74) is 3.93. The fourth-order valence-electron chi connectivity index (χ4n) is 1.08. The summed E-state index contributed by atoms with van der Waals surface area (Å²) < 4.78 is 4.64. The van der Waals surface area contributed by atoms with Crippen LogP contribution < -0.4 is 10.9 Å². The maximum atomic E-state index is 11.5. The number of amides is 2. The summed E-state index contributed by atoms with van der Waals surface area (Å²) in [5.74, 6) is -2.40. The molecule has 0 spiro atoms. The number of hydrogen-bond donors (Lipinski definition) is 3. The monoisotopic (exact) mass is 286 g/mol. The van der Waals surface area contributed by atoms with Crippen molar-refractivity contribution in [1.29, 1.82) is 0 Å². The number of ether oxygens (including phenoxy) is 1. The normalized spacial score (nSPS) is 9.58. The Hall–Kier alpha value is -2.28. The minimum atomic E-state index is -0.882. The van der Waals surface area contributed by atoms with Crippen molar-refractivity contribution >= 4 is 29.4 Å². The third-order valence-corrected chi connectivity index (χ3v) is 2.13. The smallest absolute Gasteiger partial charge is 0.342 e. The number of hydrogen-bond acceptors (Lipinski definition) is 5. The number of esters is 1. The van der Waals surface area contributed by atoms with Crippen LogP contribution in [0.25, 0.3) is 0 Å². The van der Waals surface area contributed by atoms with Crippen molar-refractivity contribution in [3.05, 3.63) is 28.8 Å². The molecule has 0 unspecified atom stereocenters. The van der Waals surface area contributed by atoms with Gasteiger partial charge in [-0.25, -0.2) is 4.79 Å². The molecule has 7 nitrogen and oxygen atoms in total. The van der Waals surface area contributed by atoms with Crippen LogP contribution in [0.3, 0.4) is 0 Å². The van der Waals surface area contributed by atoms with Gasteiger partial charge in [0.25, 0.3) is 5.91 Å². The summed E-state index contributed by atoms with van der Waals surface area (Å²) in [6, 6.07) is 3.84. The molecule has 1 rings (SSSR count). The third-order valence-electron chi connectivity index (χ3n) is 1.89. The summed E-state index contributed by atoms with van der Waals surface area (Å²) >= 11 is 5.60. The molecule has 3 N–H and O–H groups in total. The maximum Gasteiger partial charge on any atom is 0.342 e. The number of aromatic hydroxyl groups is 1. The van der Waals surface area contributed by atoms with E-state index in [1.165, 1.54) is 25.1 Å². The van der Waals surface area contributed by atoms with Crippen molar-refractivity contribution < 1.29 is 24.2 Å². The van der Waals surface area contributed by atoms with Crippen molar-refractivity contribution in [2.75, 3.05) is 6.61 Å². The Morgan fingerprint density at radius 2 is 2.00 bits per heavy atom. The van der Waals surface area contributed by atoms with Gasteiger partial charge in [0, 0.05) is 11.9 Å². The van der Waals surface area contributed by atoms with Gasteiger partial charge >= 0.3 is 5.97 Å². The number of carbonyl (C=O) groups excluding carboxylic acids is 3. The van der Waals surface area contributed by atoms with E-state index in [2.05, 4.69) is 4.74 Å². The van der Waals surface area contributed by atoms with Gasteiger partial charge < -0.3 is 9.84 Å². The average molecular weight is 287 g/mol. The van der Waals surface area contributed by atoms with Gasteiger partial charge in [-0.05, 0) is 18.2 Å². The van der Waals surface area contributed by atoms with E-state index in [-0.39, 0.29) is 16.3 Å². The predicted molar refractivity (Wildman–Crippen MR) is 65.4 cm³/mol. The lowest BCUT2D eigenvalue weighted by Crippen LogP contribution is -2.42. The SMILES string of the molecule is CC(=O)NNC(=O)COC(=O)c1ccc(Cl)cc1O. The Bertz CT molecular complexity index is 518. The van der Waals surface area contributed by atoms with E-state index in [4.69, 9.17) is 11.6 Å². The molecule has 8 heteroatoms. The molecule has 0 aromatic heterocycles. The number of halogens is 1. The standard InChI is InChI=1S/C11H11ClN2O5/c1-6(15)13-14-10(17)5-19-11(18)8-3-2-7(12)4-9(8)16/h2-4,16H,5H2,1H3,(H,13,15)(H,14,17). The summed E-state index contributed by atoms with van der Waals surface area (Å²) in [6.45, 7) is 0.610. The molecule has 0 saturated carbocycles. The Morgan fingerprint density at radius 1 is 1.32 bits per heavy atom. The zero-order valence-electron chi connectivity index (χ0n) is 9.90. The molecule has 0 bridgehead atoms. The van der Waals surface area contributed by atoms with E-state index in [0.29, 0.717) is 0 Å². The second kappa shape index (κ2) is 6.60. The van der Waals surface area contributed by atoms with Crippen molar-refractivity contribution in [3.8, 4) is 5.75 Å². The first-order valence-electron chi connectivity index (χ1n) is 5.11. The van der Waals surface area contributed by atoms with Gasteiger partial charge in [-0.2, -0.15) is 0 Å². The molecule has 0 aliphatic heterocycles. The largest absolute Gasteiger partial charge is 0.507 e. The zero-order chi connectivity index (χ0) is 14.4. The Balaban J connectivity index is 2.51. The molecular weight excluding hydrogens is 276 g/mol. The molecule has 0 aliphatic rings. The zero-order valence-corrected chi connectivity index (χ0v) is 10.7. The number of phenols is 1. The Labute approximate surface area is 113 Å². The highest BCUT2D eigenvalue weighted by atomic mass is 35.5. The molecule has 0 saturated heterocycles. The Kier molecular flexibility index (Phi) is 5.13. The maximum absolute atomic E-state index is 11.5. The lowest BCUT2D eigenvalue weighted by molar-refractivity contribution is -0.129. The molecule has 2 amide bonds. The molecular formula is C11H11ClN2O5. The number of phenolic OH excluding ortho intramolecular Hbond substituents is 1. The first kappa shape index (κ1) is 14.8. The number of nitrogens with one attached hydrogen (secondary N) is 2. The highest BCUT2D eigenvalue weighted by Crippen LogP contribution is 2.22. The van der Waals surface area contributed by atoms with Crippen LogP contribution in [0.4, 0.5) is 0 Å².